The number of ether oxygens (including phenoxy) is 3. The van der Waals surface area contributed by atoms with Crippen molar-refractivity contribution in [3.8, 4) is 17.2 Å². The van der Waals surface area contributed by atoms with E-state index in [0.717, 1.165) is 4.47 Å². The van der Waals surface area contributed by atoms with Gasteiger partial charge in [0.25, 0.3) is 11.6 Å². The van der Waals surface area contributed by atoms with Crippen LogP contribution in [-0.4, -0.2) is 36.7 Å². The van der Waals surface area contributed by atoms with E-state index in [1.165, 1.54) is 37.6 Å². The number of para-hydroxylation sites is 1. The molecule has 3 aromatic rings. The SMILES string of the molecule is COc1cc(Br)ccc1OCC(=O)NN=Cc1ccccc1OC(=O)c1ccc([N+](=O)[O-])cc1. The van der Waals surface area contributed by atoms with E-state index in [-0.39, 0.29) is 23.6 Å². The van der Waals surface area contributed by atoms with E-state index >= 15 is 0 Å². The first-order valence-corrected chi connectivity index (χ1v) is 10.5. The number of amides is 1. The zero-order chi connectivity index (χ0) is 24.5. The summed E-state index contributed by atoms with van der Waals surface area (Å²) in [4.78, 5) is 34.6. The molecule has 0 aliphatic rings. The molecule has 3 rings (SSSR count). The monoisotopic (exact) mass is 527 g/mol. The van der Waals surface area contributed by atoms with Gasteiger partial charge in [-0.3, -0.25) is 14.9 Å². The van der Waals surface area contributed by atoms with Gasteiger partial charge in [0, 0.05) is 22.2 Å². The van der Waals surface area contributed by atoms with Crippen molar-refractivity contribution in [3.63, 3.8) is 0 Å². The highest BCUT2D eigenvalue weighted by Gasteiger charge is 2.13. The summed E-state index contributed by atoms with van der Waals surface area (Å²) in [6.45, 7) is -0.299. The van der Waals surface area contributed by atoms with Crippen LogP contribution in [0, 0.1) is 10.1 Å². The number of carbonyl (C=O) groups excluding carboxylic acids is 2. The summed E-state index contributed by atoms with van der Waals surface area (Å²) in [5.74, 6) is -0.152. The standard InChI is InChI=1S/C23H18BrN3O7/c1-32-21-12-17(24)8-11-20(21)33-14-22(28)26-25-13-16-4-2-3-5-19(16)34-23(29)15-6-9-18(10-7-15)27(30)31/h2-13H,14H2,1H3,(H,26,28). The molecule has 1 N–H and O–H groups in total. The van der Waals surface area contributed by atoms with Gasteiger partial charge in [-0.1, -0.05) is 28.1 Å². The molecule has 0 saturated carbocycles. The molecule has 0 radical (unpaired) electrons. The minimum Gasteiger partial charge on any atom is -0.493 e. The fourth-order valence-electron chi connectivity index (χ4n) is 2.67. The second-order valence-electron chi connectivity index (χ2n) is 6.61. The van der Waals surface area contributed by atoms with Gasteiger partial charge >= 0.3 is 5.97 Å². The van der Waals surface area contributed by atoms with Crippen molar-refractivity contribution in [2.75, 3.05) is 13.7 Å². The quantitative estimate of drug-likeness (QED) is 0.145. The fourth-order valence-corrected chi connectivity index (χ4v) is 3.01. The molecule has 0 aliphatic carbocycles. The van der Waals surface area contributed by atoms with E-state index in [9.17, 15) is 19.7 Å². The van der Waals surface area contributed by atoms with Crippen molar-refractivity contribution in [1.82, 2.24) is 5.43 Å². The van der Waals surface area contributed by atoms with Crippen LogP contribution in [0.3, 0.4) is 0 Å². The second-order valence-corrected chi connectivity index (χ2v) is 7.52. The van der Waals surface area contributed by atoms with Gasteiger partial charge in [-0.2, -0.15) is 5.10 Å². The van der Waals surface area contributed by atoms with E-state index < -0.39 is 16.8 Å². The first kappa shape index (κ1) is 24.4. The number of rotatable bonds is 9. The Morgan fingerprint density at radius 3 is 2.50 bits per heavy atom. The van der Waals surface area contributed by atoms with Crippen molar-refractivity contribution in [3.05, 3.63) is 92.4 Å². The number of nitrogens with one attached hydrogen (secondary N) is 1. The van der Waals surface area contributed by atoms with Crippen LogP contribution in [-0.2, 0) is 4.79 Å². The minimum atomic E-state index is -0.698. The molecule has 3 aromatic carbocycles. The zero-order valence-electron chi connectivity index (χ0n) is 17.8. The number of carbonyl (C=O) groups is 2. The summed E-state index contributed by atoms with van der Waals surface area (Å²) in [5, 5.41) is 14.6. The normalized spacial score (nSPS) is 10.5. The third-order valence-electron chi connectivity index (χ3n) is 4.31. The summed E-state index contributed by atoms with van der Waals surface area (Å²) in [7, 11) is 1.49. The Balaban J connectivity index is 1.59. The molecule has 174 valence electrons. The number of benzene rings is 3. The van der Waals surface area contributed by atoms with Crippen LogP contribution in [0.4, 0.5) is 5.69 Å². The zero-order valence-corrected chi connectivity index (χ0v) is 19.4. The molecule has 10 nitrogen and oxygen atoms in total. The largest absolute Gasteiger partial charge is 0.493 e. The molecule has 0 saturated heterocycles. The number of hydrogen-bond acceptors (Lipinski definition) is 8. The van der Waals surface area contributed by atoms with Crippen LogP contribution in [0.1, 0.15) is 15.9 Å². The Morgan fingerprint density at radius 1 is 1.06 bits per heavy atom. The highest BCUT2D eigenvalue weighted by molar-refractivity contribution is 9.10. The molecule has 0 spiro atoms. The van der Waals surface area contributed by atoms with Crippen molar-refractivity contribution >= 4 is 39.7 Å². The van der Waals surface area contributed by atoms with Crippen LogP contribution in [0.15, 0.2) is 76.3 Å². The number of halogens is 1. The molecule has 0 aliphatic heterocycles. The summed E-state index contributed by atoms with van der Waals surface area (Å²) in [5.41, 5.74) is 2.76. The number of hydrogen-bond donors (Lipinski definition) is 1. The third-order valence-corrected chi connectivity index (χ3v) is 4.81. The lowest BCUT2D eigenvalue weighted by Crippen LogP contribution is -2.24. The van der Waals surface area contributed by atoms with Crippen LogP contribution in [0.5, 0.6) is 17.2 Å². The lowest BCUT2D eigenvalue weighted by molar-refractivity contribution is -0.384. The average Bonchev–Trinajstić information content (AvgIpc) is 2.84. The lowest BCUT2D eigenvalue weighted by atomic mass is 10.2. The smallest absolute Gasteiger partial charge is 0.343 e. The van der Waals surface area contributed by atoms with Crippen molar-refractivity contribution in [1.29, 1.82) is 0 Å². The van der Waals surface area contributed by atoms with E-state index in [2.05, 4.69) is 26.5 Å². The third kappa shape index (κ3) is 6.62. The number of nitro benzene ring substituents is 1. The molecule has 0 fully saturated rings. The topological polar surface area (TPSA) is 129 Å². The molecule has 0 heterocycles. The summed E-state index contributed by atoms with van der Waals surface area (Å²) in [6.07, 6.45) is 1.32. The molecule has 0 unspecified atom stereocenters. The maximum Gasteiger partial charge on any atom is 0.343 e. The molecule has 0 atom stereocenters. The van der Waals surface area contributed by atoms with E-state index in [1.807, 2.05) is 0 Å². The summed E-state index contributed by atoms with van der Waals surface area (Å²) < 4.78 is 16.8. The highest BCUT2D eigenvalue weighted by Crippen LogP contribution is 2.30. The molecular weight excluding hydrogens is 510 g/mol. The van der Waals surface area contributed by atoms with Crippen molar-refractivity contribution in [2.24, 2.45) is 5.10 Å². The number of methoxy groups -OCH3 is 1. The molecule has 34 heavy (non-hydrogen) atoms. The minimum absolute atomic E-state index is 0.137. The molecule has 0 bridgehead atoms. The van der Waals surface area contributed by atoms with Crippen LogP contribution >= 0.6 is 15.9 Å². The van der Waals surface area contributed by atoms with E-state index in [0.29, 0.717) is 17.1 Å². The van der Waals surface area contributed by atoms with E-state index in [1.54, 1.807) is 42.5 Å². The fraction of sp³-hybridized carbons (Fsp3) is 0.0870. The molecule has 1 amide bonds. The van der Waals surface area contributed by atoms with Gasteiger partial charge in [0.1, 0.15) is 5.75 Å². The molecule has 11 heteroatoms. The van der Waals surface area contributed by atoms with Crippen molar-refractivity contribution in [2.45, 2.75) is 0 Å². The van der Waals surface area contributed by atoms with Crippen LogP contribution in [0.2, 0.25) is 0 Å². The number of hydrazone groups is 1. The summed E-state index contributed by atoms with van der Waals surface area (Å²) >= 11 is 3.33. The predicted molar refractivity (Wildman–Crippen MR) is 126 cm³/mol. The van der Waals surface area contributed by atoms with Gasteiger partial charge in [-0.25, -0.2) is 10.2 Å². The van der Waals surface area contributed by atoms with Crippen molar-refractivity contribution < 1.29 is 28.7 Å². The Labute approximate surface area is 202 Å². The Hall–Kier alpha value is -4.25. The maximum atomic E-state index is 12.4. The average molecular weight is 528 g/mol. The Morgan fingerprint density at radius 2 is 1.79 bits per heavy atom. The number of esters is 1. The van der Waals surface area contributed by atoms with Gasteiger partial charge < -0.3 is 14.2 Å². The Bertz CT molecular complexity index is 1230. The number of nitro groups is 1. The molecule has 0 aromatic heterocycles. The Kier molecular flexibility index (Phi) is 8.30. The summed E-state index contributed by atoms with van der Waals surface area (Å²) in [6, 6.07) is 16.7. The van der Waals surface area contributed by atoms with E-state index in [4.69, 9.17) is 14.2 Å². The number of non-ortho nitro benzene ring substituents is 1. The second kappa shape index (κ2) is 11.6. The lowest BCUT2D eigenvalue weighted by Gasteiger charge is -2.10. The van der Waals surface area contributed by atoms with Gasteiger partial charge in [0.05, 0.1) is 23.8 Å². The van der Waals surface area contributed by atoms with Crippen LogP contribution in [0.25, 0.3) is 0 Å². The first-order valence-electron chi connectivity index (χ1n) is 9.71. The van der Waals surface area contributed by atoms with Gasteiger partial charge in [-0.15, -0.1) is 0 Å². The predicted octanol–water partition coefficient (Wildman–Crippen LogP) is 4.11. The highest BCUT2D eigenvalue weighted by atomic mass is 79.9. The molecular formula is C23H18BrN3O7. The van der Waals surface area contributed by atoms with Gasteiger partial charge in [0.15, 0.2) is 18.1 Å². The first-order chi connectivity index (χ1) is 16.4. The van der Waals surface area contributed by atoms with Gasteiger partial charge in [0.2, 0.25) is 0 Å². The maximum absolute atomic E-state index is 12.4. The number of nitrogens with zero attached hydrogens (tertiary/aromatic N) is 2. The van der Waals surface area contributed by atoms with Crippen LogP contribution < -0.4 is 19.6 Å². The van der Waals surface area contributed by atoms with Gasteiger partial charge in [-0.05, 0) is 42.5 Å².